The van der Waals surface area contributed by atoms with Gasteiger partial charge in [-0.25, -0.2) is 0 Å². The van der Waals surface area contributed by atoms with Crippen LogP contribution in [-0.4, -0.2) is 8.07 Å². The van der Waals surface area contributed by atoms with Crippen molar-refractivity contribution in [3.8, 4) is 23.5 Å². The predicted octanol–water partition coefficient (Wildman–Crippen LogP) is 3.88. The Balaban J connectivity index is 2.32. The molecule has 0 unspecified atom stereocenters. The molecule has 0 spiro atoms. The van der Waals surface area contributed by atoms with Crippen LogP contribution < -0.4 is 5.19 Å². The fourth-order valence-electron chi connectivity index (χ4n) is 1.92. The summed E-state index contributed by atoms with van der Waals surface area (Å²) >= 11 is 0. The highest BCUT2D eigenvalue weighted by molar-refractivity contribution is 6.88. The summed E-state index contributed by atoms with van der Waals surface area (Å²) in [6, 6.07) is 17.1. The Labute approximate surface area is 111 Å². The normalized spacial score (nSPS) is 11.0. The maximum Gasteiger partial charge on any atom is 0.0775 e. The van der Waals surface area contributed by atoms with E-state index >= 15 is 0 Å². The van der Waals surface area contributed by atoms with Crippen molar-refractivity contribution in [1.29, 1.82) is 0 Å². The lowest BCUT2D eigenvalue weighted by atomic mass is 10.0. The zero-order chi connectivity index (χ0) is 13.2. The molecule has 18 heavy (non-hydrogen) atoms. The third-order valence-electron chi connectivity index (χ3n) is 3.14. The summed E-state index contributed by atoms with van der Waals surface area (Å²) in [5.74, 6) is 2.64. The van der Waals surface area contributed by atoms with Gasteiger partial charge in [-0.3, -0.25) is 0 Å². The monoisotopic (exact) mass is 250 g/mol. The molecule has 0 atom stereocenters. The summed E-state index contributed by atoms with van der Waals surface area (Å²) in [6.45, 7) is 7.09. The van der Waals surface area contributed by atoms with Crippen LogP contribution in [0.15, 0.2) is 48.5 Å². The first kappa shape index (κ1) is 12.7. The molecule has 0 saturated carbocycles. The van der Waals surface area contributed by atoms with Crippen LogP contribution in [-0.2, 0) is 0 Å². The fraction of sp³-hybridized carbons (Fsp3) is 0.176. The van der Waals surface area contributed by atoms with Crippen LogP contribution in [0.5, 0.6) is 0 Å². The summed E-state index contributed by atoms with van der Waals surface area (Å²) in [6.07, 6.45) is 5.36. The lowest BCUT2D eigenvalue weighted by Crippen LogP contribution is -2.37. The van der Waals surface area contributed by atoms with Crippen molar-refractivity contribution in [2.75, 3.05) is 0 Å². The van der Waals surface area contributed by atoms with Crippen molar-refractivity contribution in [2.45, 2.75) is 19.6 Å². The van der Waals surface area contributed by atoms with E-state index in [2.05, 4.69) is 62.0 Å². The zero-order valence-corrected chi connectivity index (χ0v) is 12.2. The smallest absolute Gasteiger partial charge is 0.0775 e. The summed E-state index contributed by atoms with van der Waals surface area (Å²) in [5.41, 5.74) is 3.40. The molecule has 0 aliphatic rings. The quantitative estimate of drug-likeness (QED) is 0.560. The van der Waals surface area contributed by atoms with E-state index in [0.29, 0.717) is 0 Å². The highest BCUT2D eigenvalue weighted by atomic mass is 28.3. The van der Waals surface area contributed by atoms with Crippen molar-refractivity contribution in [3.05, 3.63) is 54.1 Å². The van der Waals surface area contributed by atoms with Crippen LogP contribution in [0, 0.1) is 12.3 Å². The summed E-state index contributed by atoms with van der Waals surface area (Å²) in [4.78, 5) is 0. The van der Waals surface area contributed by atoms with Gasteiger partial charge in [0.1, 0.15) is 0 Å². The standard InChI is InChI=1S/C17H18Si/c1-5-14-6-8-15(9-7-14)16-10-12-17(13-11-16)18(2,3)4/h1,6-13H,2-4H3. The van der Waals surface area contributed by atoms with E-state index in [1.165, 1.54) is 16.3 Å². The summed E-state index contributed by atoms with van der Waals surface area (Å²) in [5, 5.41) is 1.49. The van der Waals surface area contributed by atoms with Gasteiger partial charge < -0.3 is 0 Å². The second kappa shape index (κ2) is 4.84. The largest absolute Gasteiger partial charge is 0.115 e. The minimum absolute atomic E-state index is 0.928. The van der Waals surface area contributed by atoms with E-state index in [1.807, 2.05) is 12.1 Å². The van der Waals surface area contributed by atoms with Gasteiger partial charge in [-0.15, -0.1) is 6.42 Å². The van der Waals surface area contributed by atoms with Crippen molar-refractivity contribution >= 4 is 13.3 Å². The van der Waals surface area contributed by atoms with Crippen molar-refractivity contribution in [3.63, 3.8) is 0 Å². The van der Waals surface area contributed by atoms with Gasteiger partial charge in [0.05, 0.1) is 8.07 Å². The fourth-order valence-corrected chi connectivity index (χ4v) is 3.09. The molecule has 0 amide bonds. The third-order valence-corrected chi connectivity index (χ3v) is 5.20. The Morgan fingerprint density at radius 1 is 0.778 bits per heavy atom. The first-order valence-electron chi connectivity index (χ1n) is 6.18. The van der Waals surface area contributed by atoms with E-state index in [1.54, 1.807) is 0 Å². The van der Waals surface area contributed by atoms with E-state index in [9.17, 15) is 0 Å². The summed E-state index contributed by atoms with van der Waals surface area (Å²) in [7, 11) is -1.20. The Hall–Kier alpha value is -1.78. The van der Waals surface area contributed by atoms with Crippen molar-refractivity contribution in [1.82, 2.24) is 0 Å². The Morgan fingerprint density at radius 2 is 1.22 bits per heavy atom. The molecular formula is C17H18Si. The zero-order valence-electron chi connectivity index (χ0n) is 11.2. The predicted molar refractivity (Wildman–Crippen MR) is 82.8 cm³/mol. The van der Waals surface area contributed by atoms with Gasteiger partial charge in [-0.1, -0.05) is 67.1 Å². The Bertz CT molecular complexity index is 563. The highest BCUT2D eigenvalue weighted by Crippen LogP contribution is 2.19. The molecule has 0 fully saturated rings. The highest BCUT2D eigenvalue weighted by Gasteiger charge is 2.15. The van der Waals surface area contributed by atoms with Gasteiger partial charge in [-0.2, -0.15) is 0 Å². The van der Waals surface area contributed by atoms with E-state index in [0.717, 1.165) is 5.56 Å². The minimum Gasteiger partial charge on any atom is -0.115 e. The SMILES string of the molecule is C#Cc1ccc(-c2ccc([Si](C)(C)C)cc2)cc1. The van der Waals surface area contributed by atoms with Crippen LogP contribution in [0.25, 0.3) is 11.1 Å². The molecule has 1 heteroatoms. The second-order valence-corrected chi connectivity index (χ2v) is 10.6. The average Bonchev–Trinajstić information content (AvgIpc) is 2.38. The topological polar surface area (TPSA) is 0 Å². The molecule has 2 aromatic carbocycles. The molecule has 2 rings (SSSR count). The second-order valence-electron chi connectivity index (χ2n) is 5.55. The van der Waals surface area contributed by atoms with E-state index in [-0.39, 0.29) is 0 Å². The van der Waals surface area contributed by atoms with Gasteiger partial charge in [0.25, 0.3) is 0 Å². The van der Waals surface area contributed by atoms with Crippen molar-refractivity contribution in [2.24, 2.45) is 0 Å². The number of terminal acetylenes is 1. The number of hydrogen-bond donors (Lipinski definition) is 0. The maximum absolute atomic E-state index is 5.36. The van der Waals surface area contributed by atoms with Gasteiger partial charge in [0.15, 0.2) is 0 Å². The molecule has 0 aromatic heterocycles. The molecule has 2 aromatic rings. The van der Waals surface area contributed by atoms with Crippen LogP contribution >= 0.6 is 0 Å². The molecule has 0 nitrogen and oxygen atoms in total. The molecular weight excluding hydrogens is 232 g/mol. The number of rotatable bonds is 2. The van der Waals surface area contributed by atoms with Crippen LogP contribution in [0.3, 0.4) is 0 Å². The third kappa shape index (κ3) is 2.72. The molecule has 0 aliphatic heterocycles. The molecule has 0 saturated heterocycles. The Kier molecular flexibility index (Phi) is 3.40. The molecule has 0 radical (unpaired) electrons. The number of benzene rings is 2. The van der Waals surface area contributed by atoms with E-state index in [4.69, 9.17) is 6.42 Å². The lowest BCUT2D eigenvalue weighted by molar-refractivity contribution is 1.59. The van der Waals surface area contributed by atoms with Gasteiger partial charge in [-0.05, 0) is 23.3 Å². The van der Waals surface area contributed by atoms with Crippen LogP contribution in [0.4, 0.5) is 0 Å². The van der Waals surface area contributed by atoms with Gasteiger partial charge in [0.2, 0.25) is 0 Å². The summed E-state index contributed by atoms with van der Waals surface area (Å²) < 4.78 is 0. The molecule has 0 bridgehead atoms. The molecule has 0 aliphatic carbocycles. The first-order valence-corrected chi connectivity index (χ1v) is 9.68. The van der Waals surface area contributed by atoms with Gasteiger partial charge in [0, 0.05) is 5.56 Å². The minimum atomic E-state index is -1.20. The average molecular weight is 250 g/mol. The molecule has 0 heterocycles. The Morgan fingerprint density at radius 3 is 1.61 bits per heavy atom. The van der Waals surface area contributed by atoms with E-state index < -0.39 is 8.07 Å². The molecule has 90 valence electrons. The molecule has 0 N–H and O–H groups in total. The van der Waals surface area contributed by atoms with Crippen LogP contribution in [0.1, 0.15) is 5.56 Å². The van der Waals surface area contributed by atoms with Gasteiger partial charge >= 0.3 is 0 Å². The first-order chi connectivity index (χ1) is 8.50. The van der Waals surface area contributed by atoms with Crippen molar-refractivity contribution < 1.29 is 0 Å². The lowest BCUT2D eigenvalue weighted by Gasteiger charge is -2.16. The van der Waals surface area contributed by atoms with Crippen LogP contribution in [0.2, 0.25) is 19.6 Å². The maximum atomic E-state index is 5.36. The number of hydrogen-bond acceptors (Lipinski definition) is 0.